The summed E-state index contributed by atoms with van der Waals surface area (Å²) >= 11 is 5.62. The van der Waals surface area contributed by atoms with Gasteiger partial charge in [-0.1, -0.05) is 6.07 Å². The van der Waals surface area contributed by atoms with Gasteiger partial charge in [0.1, 0.15) is 5.38 Å². The van der Waals surface area contributed by atoms with Crippen molar-refractivity contribution in [1.29, 1.82) is 0 Å². The van der Waals surface area contributed by atoms with Crippen molar-refractivity contribution in [2.75, 3.05) is 27.3 Å². The van der Waals surface area contributed by atoms with Gasteiger partial charge in [0, 0.05) is 19.5 Å². The molecule has 0 saturated carbocycles. The highest BCUT2D eigenvalue weighted by Crippen LogP contribution is 2.27. The predicted octanol–water partition coefficient (Wildman–Crippen LogP) is 1.50. The van der Waals surface area contributed by atoms with Crippen molar-refractivity contribution in [2.45, 2.75) is 25.1 Å². The minimum atomic E-state index is -0.573. The van der Waals surface area contributed by atoms with Gasteiger partial charge in [0.2, 0.25) is 11.8 Å². The Morgan fingerprint density at radius 1 is 1.13 bits per heavy atom. The van der Waals surface area contributed by atoms with E-state index < -0.39 is 5.38 Å². The number of alkyl halides is 1. The first kappa shape index (κ1) is 19.1. The Morgan fingerprint density at radius 3 is 2.39 bits per heavy atom. The molecule has 23 heavy (non-hydrogen) atoms. The molecule has 0 heterocycles. The first-order valence-corrected chi connectivity index (χ1v) is 7.81. The van der Waals surface area contributed by atoms with Crippen molar-refractivity contribution in [3.8, 4) is 11.5 Å². The topological polar surface area (TPSA) is 76.7 Å². The van der Waals surface area contributed by atoms with Gasteiger partial charge in [-0.25, -0.2) is 0 Å². The minimum Gasteiger partial charge on any atom is -0.493 e. The molecule has 0 fully saturated rings. The molecule has 2 N–H and O–H groups in total. The average Bonchev–Trinajstić information content (AvgIpc) is 2.56. The number of halogens is 1. The van der Waals surface area contributed by atoms with Crippen LogP contribution < -0.4 is 20.1 Å². The van der Waals surface area contributed by atoms with Crippen molar-refractivity contribution < 1.29 is 19.1 Å². The van der Waals surface area contributed by atoms with Gasteiger partial charge in [0.15, 0.2) is 11.5 Å². The molecule has 1 unspecified atom stereocenters. The summed E-state index contributed by atoms with van der Waals surface area (Å²) in [4.78, 5) is 23.0. The number of nitrogens with one attached hydrogen (secondary N) is 2. The SMILES string of the molecule is COc1ccc(CCC(=O)NCCNC(=O)C(C)Cl)cc1OC. The molecule has 0 saturated heterocycles. The minimum absolute atomic E-state index is 0.0760. The van der Waals surface area contributed by atoms with Crippen LogP contribution in [0.5, 0.6) is 11.5 Å². The smallest absolute Gasteiger partial charge is 0.237 e. The second-order valence-electron chi connectivity index (χ2n) is 4.95. The van der Waals surface area contributed by atoms with E-state index in [1.807, 2.05) is 18.2 Å². The molecule has 0 aliphatic heterocycles. The lowest BCUT2D eigenvalue weighted by Gasteiger charge is -2.10. The number of hydrogen-bond donors (Lipinski definition) is 2. The molecular formula is C16H23ClN2O4. The normalized spacial score (nSPS) is 11.5. The summed E-state index contributed by atoms with van der Waals surface area (Å²) in [6.45, 7) is 2.33. The molecule has 1 aromatic carbocycles. The van der Waals surface area contributed by atoms with Crippen LogP contribution >= 0.6 is 11.6 Å². The predicted molar refractivity (Wildman–Crippen MR) is 89.2 cm³/mol. The third-order valence-electron chi connectivity index (χ3n) is 3.20. The van der Waals surface area contributed by atoms with Crippen LogP contribution in [0.4, 0.5) is 0 Å². The molecule has 128 valence electrons. The Labute approximate surface area is 141 Å². The quantitative estimate of drug-likeness (QED) is 0.526. The van der Waals surface area contributed by atoms with E-state index in [1.165, 1.54) is 0 Å². The maximum absolute atomic E-state index is 11.8. The molecule has 7 heteroatoms. The van der Waals surface area contributed by atoms with E-state index in [1.54, 1.807) is 21.1 Å². The zero-order valence-electron chi connectivity index (χ0n) is 13.6. The van der Waals surface area contributed by atoms with Crippen LogP contribution in [0.1, 0.15) is 18.9 Å². The number of aryl methyl sites for hydroxylation is 1. The van der Waals surface area contributed by atoms with Crippen molar-refractivity contribution in [1.82, 2.24) is 10.6 Å². The molecule has 1 atom stereocenters. The summed E-state index contributed by atoms with van der Waals surface area (Å²) in [5.74, 6) is 0.979. The average molecular weight is 343 g/mol. The Morgan fingerprint density at radius 2 is 1.78 bits per heavy atom. The van der Waals surface area contributed by atoms with Gasteiger partial charge < -0.3 is 20.1 Å². The molecule has 1 aromatic rings. The summed E-state index contributed by atoms with van der Waals surface area (Å²) in [7, 11) is 3.15. The zero-order chi connectivity index (χ0) is 17.2. The molecule has 0 aliphatic carbocycles. The van der Waals surface area contributed by atoms with E-state index in [-0.39, 0.29) is 11.8 Å². The highest BCUT2D eigenvalue weighted by Gasteiger charge is 2.09. The zero-order valence-corrected chi connectivity index (χ0v) is 14.4. The lowest BCUT2D eigenvalue weighted by molar-refractivity contribution is -0.122. The van der Waals surface area contributed by atoms with Gasteiger partial charge in [-0.05, 0) is 31.0 Å². The van der Waals surface area contributed by atoms with Crippen molar-refractivity contribution in [3.63, 3.8) is 0 Å². The highest BCUT2D eigenvalue weighted by atomic mass is 35.5. The van der Waals surface area contributed by atoms with E-state index in [4.69, 9.17) is 21.1 Å². The van der Waals surface area contributed by atoms with E-state index >= 15 is 0 Å². The van der Waals surface area contributed by atoms with E-state index in [0.717, 1.165) is 5.56 Å². The largest absolute Gasteiger partial charge is 0.493 e. The van der Waals surface area contributed by atoms with Gasteiger partial charge >= 0.3 is 0 Å². The monoisotopic (exact) mass is 342 g/mol. The lowest BCUT2D eigenvalue weighted by Crippen LogP contribution is -2.37. The third kappa shape index (κ3) is 6.78. The summed E-state index contributed by atoms with van der Waals surface area (Å²) in [5, 5.41) is 4.80. The van der Waals surface area contributed by atoms with E-state index in [2.05, 4.69) is 10.6 Å². The number of hydrogen-bond acceptors (Lipinski definition) is 4. The summed E-state index contributed by atoms with van der Waals surface area (Å²) in [6, 6.07) is 5.57. The van der Waals surface area contributed by atoms with Crippen LogP contribution in [0.25, 0.3) is 0 Å². The van der Waals surface area contributed by atoms with Crippen molar-refractivity contribution in [2.24, 2.45) is 0 Å². The number of ether oxygens (including phenoxy) is 2. The van der Waals surface area contributed by atoms with Crippen LogP contribution in [0.15, 0.2) is 18.2 Å². The molecule has 0 aromatic heterocycles. The molecule has 1 rings (SSSR count). The van der Waals surface area contributed by atoms with Crippen molar-refractivity contribution >= 4 is 23.4 Å². The maximum Gasteiger partial charge on any atom is 0.237 e. The Hall–Kier alpha value is -1.95. The lowest BCUT2D eigenvalue weighted by atomic mass is 10.1. The number of carbonyl (C=O) groups excluding carboxylic acids is 2. The number of benzene rings is 1. The van der Waals surface area contributed by atoms with Crippen LogP contribution in [0.2, 0.25) is 0 Å². The van der Waals surface area contributed by atoms with Gasteiger partial charge in [-0.15, -0.1) is 11.6 Å². The molecular weight excluding hydrogens is 320 g/mol. The second-order valence-corrected chi connectivity index (χ2v) is 5.60. The fourth-order valence-electron chi connectivity index (χ4n) is 1.91. The van der Waals surface area contributed by atoms with Crippen molar-refractivity contribution in [3.05, 3.63) is 23.8 Å². The standard InChI is InChI=1S/C16H23ClN2O4/c1-11(17)16(21)19-9-8-18-15(20)7-5-12-4-6-13(22-2)14(10-12)23-3/h4,6,10-11H,5,7-9H2,1-3H3,(H,18,20)(H,19,21). The number of rotatable bonds is 9. The summed E-state index contributed by atoms with van der Waals surface area (Å²) in [5.41, 5.74) is 0.988. The van der Waals surface area contributed by atoms with Gasteiger partial charge in [0.25, 0.3) is 0 Å². The molecule has 0 aliphatic rings. The Kier molecular flexibility index (Phi) is 8.26. The van der Waals surface area contributed by atoms with Crippen LogP contribution in [0, 0.1) is 0 Å². The molecule has 0 bridgehead atoms. The second kappa shape index (κ2) is 9.94. The van der Waals surface area contributed by atoms with Gasteiger partial charge in [-0.3, -0.25) is 9.59 Å². The molecule has 2 amide bonds. The molecule has 0 spiro atoms. The van der Waals surface area contributed by atoms with Crippen LogP contribution in [-0.2, 0) is 16.0 Å². The number of amides is 2. The molecule has 0 radical (unpaired) electrons. The number of methoxy groups -OCH3 is 2. The van der Waals surface area contributed by atoms with Crippen LogP contribution in [-0.4, -0.2) is 44.5 Å². The highest BCUT2D eigenvalue weighted by molar-refractivity contribution is 6.30. The summed E-state index contributed by atoms with van der Waals surface area (Å²) < 4.78 is 10.4. The van der Waals surface area contributed by atoms with E-state index in [9.17, 15) is 9.59 Å². The summed E-state index contributed by atoms with van der Waals surface area (Å²) in [6.07, 6.45) is 0.951. The maximum atomic E-state index is 11.8. The van der Waals surface area contributed by atoms with Gasteiger partial charge in [-0.2, -0.15) is 0 Å². The van der Waals surface area contributed by atoms with Gasteiger partial charge in [0.05, 0.1) is 14.2 Å². The molecule has 6 nitrogen and oxygen atoms in total. The Balaban J connectivity index is 2.32. The fourth-order valence-corrected chi connectivity index (χ4v) is 1.99. The number of carbonyl (C=O) groups is 2. The Bertz CT molecular complexity index is 535. The fraction of sp³-hybridized carbons (Fsp3) is 0.500. The third-order valence-corrected chi connectivity index (χ3v) is 3.39. The van der Waals surface area contributed by atoms with E-state index in [0.29, 0.717) is 37.4 Å². The van der Waals surface area contributed by atoms with Crippen LogP contribution in [0.3, 0.4) is 0 Å². The first-order chi connectivity index (χ1) is 11.0. The first-order valence-electron chi connectivity index (χ1n) is 7.37.